The molecule has 0 aromatic heterocycles. The smallest absolute Gasteiger partial charge is 0.118 e. The van der Waals surface area contributed by atoms with Gasteiger partial charge in [-0.15, -0.1) is 0 Å². The summed E-state index contributed by atoms with van der Waals surface area (Å²) >= 11 is 0. The molecule has 0 spiro atoms. The molecule has 152 valence electrons. The van der Waals surface area contributed by atoms with Gasteiger partial charge >= 0.3 is 0 Å². The summed E-state index contributed by atoms with van der Waals surface area (Å²) in [5.41, 5.74) is 1.16. The lowest BCUT2D eigenvalue weighted by molar-refractivity contribution is -0.0356. The zero-order chi connectivity index (χ0) is 20.0. The van der Waals surface area contributed by atoms with Gasteiger partial charge in [-0.2, -0.15) is 0 Å². The molecule has 0 aliphatic carbocycles. The van der Waals surface area contributed by atoms with Crippen LogP contribution in [-0.2, 0) is 10.3 Å². The summed E-state index contributed by atoms with van der Waals surface area (Å²) in [5, 5.41) is 12.2. The molecule has 0 unspecified atom stereocenters. The van der Waals surface area contributed by atoms with Crippen molar-refractivity contribution in [1.29, 1.82) is 0 Å². The Kier molecular flexibility index (Phi) is 7.11. The Hall–Kier alpha value is -1.88. The molecule has 2 aromatic carbocycles. The molecule has 1 aliphatic heterocycles. The second kappa shape index (κ2) is 9.55. The maximum absolute atomic E-state index is 12.2. The lowest BCUT2D eigenvalue weighted by Gasteiger charge is -2.42. The van der Waals surface area contributed by atoms with Gasteiger partial charge in [-0.05, 0) is 35.6 Å². The van der Waals surface area contributed by atoms with E-state index in [0.717, 1.165) is 44.2 Å². The van der Waals surface area contributed by atoms with Gasteiger partial charge in [0.25, 0.3) is 0 Å². The highest BCUT2D eigenvalue weighted by atomic mass is 16.5. The molecule has 0 bridgehead atoms. The van der Waals surface area contributed by atoms with E-state index in [1.807, 2.05) is 30.3 Å². The molecule has 1 saturated heterocycles. The topological polar surface area (TPSA) is 41.9 Å². The molecule has 2 atom stereocenters. The lowest BCUT2D eigenvalue weighted by atomic mass is 9.72. The van der Waals surface area contributed by atoms with Crippen molar-refractivity contribution >= 4 is 0 Å². The van der Waals surface area contributed by atoms with Crippen LogP contribution in [0.1, 0.15) is 37.3 Å². The molecule has 3 rings (SSSR count). The van der Waals surface area contributed by atoms with Crippen LogP contribution in [0.25, 0.3) is 0 Å². The van der Waals surface area contributed by atoms with Crippen LogP contribution in [0.2, 0.25) is 0 Å². The number of ether oxygens (including phenoxy) is 2. The SMILES string of the molecule is COc1ccc([C@@](O)(CC(C)C)[C@H](CN2CCOCC2)c2ccccc2)cc1. The highest BCUT2D eigenvalue weighted by Gasteiger charge is 2.41. The van der Waals surface area contributed by atoms with Crippen molar-refractivity contribution < 1.29 is 14.6 Å². The summed E-state index contributed by atoms with van der Waals surface area (Å²) in [6.07, 6.45) is 0.698. The fourth-order valence-corrected chi connectivity index (χ4v) is 4.22. The number of benzene rings is 2. The second-order valence-electron chi connectivity index (χ2n) is 8.13. The summed E-state index contributed by atoms with van der Waals surface area (Å²) in [5.74, 6) is 1.14. The van der Waals surface area contributed by atoms with E-state index >= 15 is 0 Å². The Bertz CT molecular complexity index is 710. The first-order chi connectivity index (χ1) is 13.5. The van der Waals surface area contributed by atoms with Crippen molar-refractivity contribution in [3.63, 3.8) is 0 Å². The number of morpholine rings is 1. The average molecular weight is 384 g/mol. The van der Waals surface area contributed by atoms with E-state index in [1.54, 1.807) is 7.11 Å². The Morgan fingerprint density at radius 1 is 1.04 bits per heavy atom. The van der Waals surface area contributed by atoms with Gasteiger partial charge in [-0.25, -0.2) is 0 Å². The lowest BCUT2D eigenvalue weighted by Crippen LogP contribution is -2.45. The summed E-state index contributed by atoms with van der Waals surface area (Å²) < 4.78 is 10.9. The van der Waals surface area contributed by atoms with E-state index in [2.05, 4.69) is 43.0 Å². The molecule has 1 N–H and O–H groups in total. The van der Waals surface area contributed by atoms with Crippen LogP contribution in [-0.4, -0.2) is 50.0 Å². The van der Waals surface area contributed by atoms with Gasteiger partial charge in [0.15, 0.2) is 0 Å². The van der Waals surface area contributed by atoms with Gasteiger partial charge in [0.1, 0.15) is 5.75 Å². The van der Waals surface area contributed by atoms with Gasteiger partial charge in [-0.1, -0.05) is 56.3 Å². The van der Waals surface area contributed by atoms with Crippen molar-refractivity contribution in [2.24, 2.45) is 5.92 Å². The van der Waals surface area contributed by atoms with Crippen molar-refractivity contribution in [2.75, 3.05) is 40.0 Å². The van der Waals surface area contributed by atoms with Crippen molar-refractivity contribution in [1.82, 2.24) is 4.90 Å². The minimum atomic E-state index is -0.958. The van der Waals surface area contributed by atoms with E-state index in [0.29, 0.717) is 12.3 Å². The number of nitrogens with zero attached hydrogens (tertiary/aromatic N) is 1. The first-order valence-electron chi connectivity index (χ1n) is 10.2. The monoisotopic (exact) mass is 383 g/mol. The van der Waals surface area contributed by atoms with Gasteiger partial charge < -0.3 is 14.6 Å². The number of methoxy groups -OCH3 is 1. The largest absolute Gasteiger partial charge is 0.497 e. The minimum absolute atomic E-state index is 0.0254. The molecule has 1 fully saturated rings. The Morgan fingerprint density at radius 2 is 1.68 bits per heavy atom. The molecule has 1 aliphatic rings. The number of aliphatic hydroxyl groups is 1. The van der Waals surface area contributed by atoms with Crippen LogP contribution in [0.3, 0.4) is 0 Å². The fourth-order valence-electron chi connectivity index (χ4n) is 4.22. The first-order valence-corrected chi connectivity index (χ1v) is 10.2. The average Bonchev–Trinajstić information content (AvgIpc) is 2.73. The maximum Gasteiger partial charge on any atom is 0.118 e. The third kappa shape index (κ3) is 4.93. The predicted octanol–water partition coefficient (Wildman–Crippen LogP) is 4.04. The van der Waals surface area contributed by atoms with Crippen molar-refractivity contribution in [3.8, 4) is 5.75 Å². The third-order valence-electron chi connectivity index (χ3n) is 5.63. The highest BCUT2D eigenvalue weighted by Crippen LogP contribution is 2.43. The quantitative estimate of drug-likeness (QED) is 0.747. The fraction of sp³-hybridized carbons (Fsp3) is 0.500. The van der Waals surface area contributed by atoms with Crippen LogP contribution in [0.15, 0.2) is 54.6 Å². The van der Waals surface area contributed by atoms with Gasteiger partial charge in [0.2, 0.25) is 0 Å². The van der Waals surface area contributed by atoms with Crippen molar-refractivity contribution in [2.45, 2.75) is 31.8 Å². The van der Waals surface area contributed by atoms with Crippen LogP contribution in [0.4, 0.5) is 0 Å². The van der Waals surface area contributed by atoms with E-state index in [4.69, 9.17) is 9.47 Å². The molecule has 0 radical (unpaired) electrons. The summed E-state index contributed by atoms with van der Waals surface area (Å²) in [6, 6.07) is 18.3. The third-order valence-corrected chi connectivity index (χ3v) is 5.63. The molecule has 4 nitrogen and oxygen atoms in total. The summed E-state index contributed by atoms with van der Waals surface area (Å²) in [6.45, 7) is 8.48. The zero-order valence-electron chi connectivity index (χ0n) is 17.3. The minimum Gasteiger partial charge on any atom is -0.497 e. The zero-order valence-corrected chi connectivity index (χ0v) is 17.3. The number of rotatable bonds is 8. The van der Waals surface area contributed by atoms with Gasteiger partial charge in [0, 0.05) is 25.6 Å². The Morgan fingerprint density at radius 3 is 2.25 bits per heavy atom. The predicted molar refractivity (Wildman–Crippen MR) is 113 cm³/mol. The standard InChI is InChI=1S/C24H33NO3/c1-19(2)17-24(26,21-9-11-22(27-3)12-10-21)23(20-7-5-4-6-8-20)18-25-13-15-28-16-14-25/h4-12,19,23,26H,13-18H2,1-3H3/t23-,24+/m1/s1. The first kappa shape index (κ1) is 20.8. The normalized spacial score (nSPS) is 18.6. The highest BCUT2D eigenvalue weighted by molar-refractivity contribution is 5.35. The molecule has 1 heterocycles. The van der Waals surface area contributed by atoms with Gasteiger partial charge in [-0.3, -0.25) is 4.90 Å². The number of hydrogen-bond donors (Lipinski definition) is 1. The van der Waals surface area contributed by atoms with Crippen LogP contribution >= 0.6 is 0 Å². The number of hydrogen-bond acceptors (Lipinski definition) is 4. The van der Waals surface area contributed by atoms with E-state index in [1.165, 1.54) is 5.56 Å². The maximum atomic E-state index is 12.2. The van der Waals surface area contributed by atoms with E-state index in [9.17, 15) is 5.11 Å². The summed E-state index contributed by atoms with van der Waals surface area (Å²) in [4.78, 5) is 2.41. The van der Waals surface area contributed by atoms with Crippen molar-refractivity contribution in [3.05, 3.63) is 65.7 Å². The van der Waals surface area contributed by atoms with Crippen LogP contribution in [0.5, 0.6) is 5.75 Å². The van der Waals surface area contributed by atoms with Crippen LogP contribution < -0.4 is 4.74 Å². The molecule has 28 heavy (non-hydrogen) atoms. The molecule has 2 aromatic rings. The molecular weight excluding hydrogens is 350 g/mol. The molecule has 0 amide bonds. The molecule has 4 heteroatoms. The Labute approximate surface area is 169 Å². The molecular formula is C24H33NO3. The second-order valence-corrected chi connectivity index (χ2v) is 8.13. The molecule has 0 saturated carbocycles. The van der Waals surface area contributed by atoms with Gasteiger partial charge in [0.05, 0.1) is 25.9 Å². The van der Waals surface area contributed by atoms with E-state index < -0.39 is 5.60 Å². The Balaban J connectivity index is 2.01. The summed E-state index contributed by atoms with van der Waals surface area (Å²) in [7, 11) is 1.67. The van der Waals surface area contributed by atoms with E-state index in [-0.39, 0.29) is 5.92 Å². The van der Waals surface area contributed by atoms with Crippen LogP contribution in [0, 0.1) is 5.92 Å².